The number of likely N-dealkylation sites (tertiary alicyclic amines) is 1. The molecule has 1 aliphatic rings. The number of hydrogen-bond donors (Lipinski definition) is 1. The van der Waals surface area contributed by atoms with E-state index < -0.39 is 5.97 Å². The summed E-state index contributed by atoms with van der Waals surface area (Å²) in [6.45, 7) is 3.50. The molecule has 0 unspecified atom stereocenters. The summed E-state index contributed by atoms with van der Waals surface area (Å²) in [6, 6.07) is 6.55. The summed E-state index contributed by atoms with van der Waals surface area (Å²) in [6.07, 6.45) is 3.27. The minimum atomic E-state index is -0.736. The molecule has 0 amide bonds. The molecule has 0 spiro atoms. The van der Waals surface area contributed by atoms with Crippen LogP contribution in [0.5, 0.6) is 0 Å². The second kappa shape index (κ2) is 6.84. The molecule has 0 aromatic heterocycles. The monoisotopic (exact) mass is 279 g/mol. The molecule has 0 bridgehead atoms. The first-order valence-electron chi connectivity index (χ1n) is 7.32. The van der Waals surface area contributed by atoms with Crippen molar-refractivity contribution in [3.63, 3.8) is 0 Å². The first kappa shape index (κ1) is 15.0. The Kier molecular flexibility index (Phi) is 5.12. The number of carboxylic acids is 1. The van der Waals surface area contributed by atoms with Crippen molar-refractivity contribution in [2.75, 3.05) is 13.1 Å². The average molecular weight is 279 g/mol. The Labute approximate surface area is 119 Å². The third-order valence-corrected chi connectivity index (χ3v) is 4.23. The molecule has 1 atom stereocenters. The van der Waals surface area contributed by atoms with Gasteiger partial charge in [0.2, 0.25) is 0 Å². The summed E-state index contributed by atoms with van der Waals surface area (Å²) in [5.41, 5.74) is 0.774. The highest BCUT2D eigenvalue weighted by Crippen LogP contribution is 2.24. The van der Waals surface area contributed by atoms with E-state index in [1.165, 1.54) is 6.07 Å². The Bertz CT molecular complexity index is 456. The van der Waals surface area contributed by atoms with Crippen molar-refractivity contribution in [2.24, 2.45) is 5.92 Å². The quantitative estimate of drug-likeness (QED) is 0.901. The summed E-state index contributed by atoms with van der Waals surface area (Å²) in [5, 5.41) is 9.17. The van der Waals surface area contributed by atoms with Gasteiger partial charge in [-0.05, 0) is 56.3 Å². The summed E-state index contributed by atoms with van der Waals surface area (Å²) in [5.74, 6) is -0.415. The van der Waals surface area contributed by atoms with Gasteiger partial charge in [0.25, 0.3) is 0 Å². The molecule has 0 aliphatic carbocycles. The molecule has 0 saturated carbocycles. The van der Waals surface area contributed by atoms with Crippen molar-refractivity contribution in [1.29, 1.82) is 0 Å². The molecule has 1 fully saturated rings. The molecule has 20 heavy (non-hydrogen) atoms. The molecule has 1 aromatic rings. The van der Waals surface area contributed by atoms with Crippen molar-refractivity contribution in [3.05, 3.63) is 35.6 Å². The van der Waals surface area contributed by atoms with Gasteiger partial charge in [-0.2, -0.15) is 0 Å². The maximum absolute atomic E-state index is 13.6. The number of benzene rings is 1. The number of carboxylic acid groups (broad SMARTS) is 1. The van der Waals surface area contributed by atoms with Crippen molar-refractivity contribution < 1.29 is 14.3 Å². The number of carbonyl (C=O) groups is 1. The highest BCUT2D eigenvalue weighted by Gasteiger charge is 2.28. The van der Waals surface area contributed by atoms with Crippen molar-refractivity contribution in [3.8, 4) is 0 Å². The number of piperidine rings is 1. The number of aliphatic carboxylic acids is 1. The average Bonchev–Trinajstić information content (AvgIpc) is 2.43. The van der Waals surface area contributed by atoms with E-state index in [0.29, 0.717) is 12.3 Å². The Morgan fingerprint density at radius 1 is 1.40 bits per heavy atom. The molecule has 4 heteroatoms. The molecule has 3 nitrogen and oxygen atoms in total. The summed E-state index contributed by atoms with van der Waals surface area (Å²) >= 11 is 0. The van der Waals surface area contributed by atoms with Gasteiger partial charge in [0, 0.05) is 0 Å². The lowest BCUT2D eigenvalue weighted by atomic mass is 9.89. The zero-order valence-electron chi connectivity index (χ0n) is 11.9. The maximum Gasteiger partial charge on any atom is 0.320 e. The van der Waals surface area contributed by atoms with Gasteiger partial charge in [0.05, 0.1) is 0 Å². The normalized spacial score (nSPS) is 18.9. The minimum absolute atomic E-state index is 0.132. The van der Waals surface area contributed by atoms with Gasteiger partial charge in [-0.25, -0.2) is 4.39 Å². The van der Waals surface area contributed by atoms with Crippen LogP contribution in [0.15, 0.2) is 24.3 Å². The van der Waals surface area contributed by atoms with Crippen molar-refractivity contribution >= 4 is 5.97 Å². The third-order valence-electron chi connectivity index (χ3n) is 4.23. The minimum Gasteiger partial charge on any atom is -0.480 e. The van der Waals surface area contributed by atoms with Crippen LogP contribution in [0.1, 0.15) is 31.7 Å². The summed E-state index contributed by atoms with van der Waals surface area (Å²) < 4.78 is 13.6. The van der Waals surface area contributed by atoms with Crippen LogP contribution in [0.2, 0.25) is 0 Å². The number of nitrogens with zero attached hydrogens (tertiary/aromatic N) is 1. The fourth-order valence-electron chi connectivity index (χ4n) is 3.03. The second-order valence-corrected chi connectivity index (χ2v) is 5.54. The predicted octanol–water partition coefficient (Wildman–Crippen LogP) is 2.94. The largest absolute Gasteiger partial charge is 0.480 e. The van der Waals surface area contributed by atoms with Gasteiger partial charge in [-0.15, -0.1) is 0 Å². The van der Waals surface area contributed by atoms with Crippen molar-refractivity contribution in [1.82, 2.24) is 4.90 Å². The van der Waals surface area contributed by atoms with E-state index >= 15 is 0 Å². The molecule has 0 radical (unpaired) electrons. The SMILES string of the molecule is CC[C@@H](C(=O)O)N1CCC(Cc2ccccc2F)CC1. The van der Waals surface area contributed by atoms with Crippen LogP contribution in [-0.4, -0.2) is 35.1 Å². The molecule has 1 N–H and O–H groups in total. The van der Waals surface area contributed by atoms with Gasteiger partial charge in [0.15, 0.2) is 0 Å². The Balaban J connectivity index is 1.88. The van der Waals surface area contributed by atoms with Crippen LogP contribution >= 0.6 is 0 Å². The van der Waals surface area contributed by atoms with E-state index in [0.717, 1.165) is 37.9 Å². The van der Waals surface area contributed by atoms with Crippen LogP contribution < -0.4 is 0 Å². The standard InChI is InChI=1S/C16H22FNO2/c1-2-15(16(19)20)18-9-7-12(8-10-18)11-13-5-3-4-6-14(13)17/h3-6,12,15H,2,7-11H2,1H3,(H,19,20)/t15-/m0/s1. The van der Waals surface area contributed by atoms with Gasteiger partial charge >= 0.3 is 5.97 Å². The van der Waals surface area contributed by atoms with Gasteiger partial charge in [-0.3, -0.25) is 9.69 Å². The first-order chi connectivity index (χ1) is 9.61. The predicted molar refractivity (Wildman–Crippen MR) is 76.1 cm³/mol. The maximum atomic E-state index is 13.6. The topological polar surface area (TPSA) is 40.5 Å². The number of halogens is 1. The van der Waals surface area contributed by atoms with Crippen LogP contribution in [-0.2, 0) is 11.2 Å². The third kappa shape index (κ3) is 3.57. The lowest BCUT2D eigenvalue weighted by Gasteiger charge is -2.35. The lowest BCUT2D eigenvalue weighted by Crippen LogP contribution is -2.45. The molecular formula is C16H22FNO2. The Hall–Kier alpha value is -1.42. The van der Waals surface area contributed by atoms with E-state index in [1.54, 1.807) is 6.07 Å². The smallest absolute Gasteiger partial charge is 0.320 e. The Morgan fingerprint density at radius 2 is 2.05 bits per heavy atom. The van der Waals surface area contributed by atoms with E-state index in [9.17, 15) is 14.3 Å². The number of rotatable bonds is 5. The van der Waals surface area contributed by atoms with Crippen LogP contribution in [0.3, 0.4) is 0 Å². The fraction of sp³-hybridized carbons (Fsp3) is 0.562. The molecule has 1 aliphatic heterocycles. The Morgan fingerprint density at radius 3 is 2.60 bits per heavy atom. The van der Waals surface area contributed by atoms with E-state index in [-0.39, 0.29) is 11.9 Å². The molecular weight excluding hydrogens is 257 g/mol. The highest BCUT2D eigenvalue weighted by atomic mass is 19.1. The summed E-state index contributed by atoms with van der Waals surface area (Å²) in [4.78, 5) is 13.2. The summed E-state index contributed by atoms with van der Waals surface area (Å²) in [7, 11) is 0. The molecule has 110 valence electrons. The van der Waals surface area contributed by atoms with Crippen molar-refractivity contribution in [2.45, 2.75) is 38.6 Å². The lowest BCUT2D eigenvalue weighted by molar-refractivity contribution is -0.144. The number of hydrogen-bond acceptors (Lipinski definition) is 2. The zero-order valence-corrected chi connectivity index (χ0v) is 11.9. The van der Waals surface area contributed by atoms with Gasteiger partial charge < -0.3 is 5.11 Å². The van der Waals surface area contributed by atoms with E-state index in [4.69, 9.17) is 0 Å². The molecule has 1 heterocycles. The molecule has 2 rings (SSSR count). The molecule has 1 saturated heterocycles. The molecule has 1 aromatic carbocycles. The fourth-order valence-corrected chi connectivity index (χ4v) is 3.03. The van der Waals surface area contributed by atoms with Crippen LogP contribution in [0.4, 0.5) is 4.39 Å². The van der Waals surface area contributed by atoms with Crippen LogP contribution in [0.25, 0.3) is 0 Å². The first-order valence-corrected chi connectivity index (χ1v) is 7.32. The van der Waals surface area contributed by atoms with E-state index in [1.807, 2.05) is 24.0 Å². The van der Waals surface area contributed by atoms with Gasteiger partial charge in [-0.1, -0.05) is 25.1 Å². The van der Waals surface area contributed by atoms with Crippen LogP contribution in [0, 0.1) is 11.7 Å². The second-order valence-electron chi connectivity index (χ2n) is 5.54. The van der Waals surface area contributed by atoms with Gasteiger partial charge in [0.1, 0.15) is 11.9 Å². The van der Waals surface area contributed by atoms with E-state index in [2.05, 4.69) is 0 Å². The highest BCUT2D eigenvalue weighted by molar-refractivity contribution is 5.73. The zero-order chi connectivity index (χ0) is 14.5.